The average Bonchev–Trinajstić information content (AvgIpc) is 2.19. The molecule has 0 aliphatic heterocycles. The lowest BCUT2D eigenvalue weighted by atomic mass is 10.1. The fourth-order valence-electron chi connectivity index (χ4n) is 0.958. The van der Waals surface area contributed by atoms with Crippen LogP contribution in [0.15, 0.2) is 24.3 Å². The quantitative estimate of drug-likeness (QED) is 0.768. The number of nitrogens with zero attached hydrogens (tertiary/aromatic N) is 1. The molecule has 1 aromatic rings. The second kappa shape index (κ2) is 5.30. The van der Waals surface area contributed by atoms with Crippen molar-refractivity contribution >= 4 is 17.7 Å². The van der Waals surface area contributed by atoms with Crippen LogP contribution in [0.4, 0.5) is 0 Å². The molecule has 0 aliphatic carbocycles. The van der Waals surface area contributed by atoms with Crippen LogP contribution in [0.2, 0.25) is 0 Å². The summed E-state index contributed by atoms with van der Waals surface area (Å²) in [5, 5.41) is 17.0. The van der Waals surface area contributed by atoms with E-state index in [0.717, 1.165) is 11.3 Å². The molecular formula is C10H9NO2S. The van der Waals surface area contributed by atoms with E-state index in [2.05, 4.69) is 0 Å². The molecule has 0 radical (unpaired) electrons. The number of rotatable bonds is 4. The van der Waals surface area contributed by atoms with E-state index in [9.17, 15) is 4.79 Å². The fourth-order valence-corrected chi connectivity index (χ4v) is 1.58. The highest BCUT2D eigenvalue weighted by atomic mass is 32.2. The van der Waals surface area contributed by atoms with E-state index in [0.29, 0.717) is 11.3 Å². The van der Waals surface area contributed by atoms with E-state index >= 15 is 0 Å². The van der Waals surface area contributed by atoms with E-state index in [-0.39, 0.29) is 0 Å². The topological polar surface area (TPSA) is 61.1 Å². The predicted octanol–water partition coefficient (Wildman–Crippen LogP) is 2.14. The van der Waals surface area contributed by atoms with Crippen LogP contribution in [0.25, 0.3) is 0 Å². The van der Waals surface area contributed by atoms with Crippen molar-refractivity contribution in [3.63, 3.8) is 0 Å². The van der Waals surface area contributed by atoms with Gasteiger partial charge in [0.15, 0.2) is 0 Å². The second-order valence-electron chi connectivity index (χ2n) is 2.65. The Morgan fingerprint density at radius 1 is 1.43 bits per heavy atom. The third-order valence-corrected chi connectivity index (χ3v) is 2.51. The van der Waals surface area contributed by atoms with Crippen LogP contribution < -0.4 is 0 Å². The number of hydrogen-bond donors (Lipinski definition) is 1. The molecule has 0 heterocycles. The van der Waals surface area contributed by atoms with E-state index in [1.165, 1.54) is 11.8 Å². The molecule has 0 fully saturated rings. The molecular weight excluding hydrogens is 198 g/mol. The van der Waals surface area contributed by atoms with E-state index in [1.54, 1.807) is 24.3 Å². The Balaban J connectivity index is 2.56. The normalized spacial score (nSPS) is 9.36. The Kier molecular flexibility index (Phi) is 4.02. The van der Waals surface area contributed by atoms with Gasteiger partial charge >= 0.3 is 5.97 Å². The molecule has 0 unspecified atom stereocenters. The Bertz CT molecular complexity index is 353. The van der Waals surface area contributed by atoms with Gasteiger partial charge < -0.3 is 5.11 Å². The Morgan fingerprint density at radius 3 is 2.57 bits per heavy atom. The van der Waals surface area contributed by atoms with Gasteiger partial charge in [-0.15, -0.1) is 11.8 Å². The minimum atomic E-state index is -0.916. The van der Waals surface area contributed by atoms with Gasteiger partial charge in [-0.05, 0) is 17.7 Å². The van der Waals surface area contributed by atoms with Gasteiger partial charge in [0.1, 0.15) is 0 Å². The molecule has 4 heteroatoms. The lowest BCUT2D eigenvalue weighted by Gasteiger charge is -1.99. The summed E-state index contributed by atoms with van der Waals surface area (Å²) in [7, 11) is 0. The van der Waals surface area contributed by atoms with Crippen LogP contribution in [-0.4, -0.2) is 16.8 Å². The monoisotopic (exact) mass is 207 g/mol. The lowest BCUT2D eigenvalue weighted by molar-refractivity contribution is 0.0697. The number of hydrogen-bond acceptors (Lipinski definition) is 3. The van der Waals surface area contributed by atoms with Crippen LogP contribution in [0.3, 0.4) is 0 Å². The molecule has 0 saturated heterocycles. The number of benzene rings is 1. The van der Waals surface area contributed by atoms with Crippen LogP contribution in [0.5, 0.6) is 0 Å². The van der Waals surface area contributed by atoms with Crippen LogP contribution in [0.1, 0.15) is 15.9 Å². The number of carbonyl (C=O) groups is 1. The van der Waals surface area contributed by atoms with Crippen molar-refractivity contribution < 1.29 is 9.90 Å². The summed E-state index contributed by atoms with van der Waals surface area (Å²) in [4.78, 5) is 10.5. The molecule has 0 saturated carbocycles. The standard InChI is InChI=1S/C10H9NO2S/c11-5-6-14-7-8-1-3-9(4-2-8)10(12)13/h1-4H,6-7H2,(H,12,13). The van der Waals surface area contributed by atoms with Gasteiger partial charge in [0.05, 0.1) is 17.4 Å². The molecule has 3 nitrogen and oxygen atoms in total. The zero-order valence-corrected chi connectivity index (χ0v) is 8.25. The van der Waals surface area contributed by atoms with Crippen molar-refractivity contribution in [1.82, 2.24) is 0 Å². The smallest absolute Gasteiger partial charge is 0.335 e. The summed E-state index contributed by atoms with van der Waals surface area (Å²) in [5.41, 5.74) is 1.33. The molecule has 0 aliphatic rings. The molecule has 0 atom stereocenters. The average molecular weight is 207 g/mol. The molecule has 0 aromatic heterocycles. The number of nitriles is 1. The molecule has 14 heavy (non-hydrogen) atoms. The zero-order chi connectivity index (χ0) is 10.4. The SMILES string of the molecule is N#CCSCc1ccc(C(=O)O)cc1. The number of carboxylic acids is 1. The van der Waals surface area contributed by atoms with Crippen molar-refractivity contribution in [2.75, 3.05) is 5.75 Å². The van der Waals surface area contributed by atoms with Crippen molar-refractivity contribution in [3.8, 4) is 6.07 Å². The molecule has 0 spiro atoms. The van der Waals surface area contributed by atoms with Gasteiger partial charge in [-0.2, -0.15) is 5.26 Å². The number of thioether (sulfide) groups is 1. The maximum absolute atomic E-state index is 10.5. The Morgan fingerprint density at radius 2 is 2.07 bits per heavy atom. The highest BCUT2D eigenvalue weighted by molar-refractivity contribution is 7.98. The maximum atomic E-state index is 10.5. The van der Waals surface area contributed by atoms with Gasteiger partial charge in [0.2, 0.25) is 0 Å². The van der Waals surface area contributed by atoms with E-state index < -0.39 is 5.97 Å². The summed E-state index contributed by atoms with van der Waals surface area (Å²) < 4.78 is 0. The van der Waals surface area contributed by atoms with Gasteiger partial charge in [-0.1, -0.05) is 12.1 Å². The zero-order valence-electron chi connectivity index (χ0n) is 7.43. The van der Waals surface area contributed by atoms with Gasteiger partial charge in [0.25, 0.3) is 0 Å². The molecule has 72 valence electrons. The van der Waals surface area contributed by atoms with Gasteiger partial charge in [-0.3, -0.25) is 0 Å². The molecule has 1 N–H and O–H groups in total. The minimum absolute atomic E-state index is 0.291. The first-order valence-corrected chi connectivity index (χ1v) is 5.16. The highest BCUT2D eigenvalue weighted by Gasteiger charge is 2.01. The van der Waals surface area contributed by atoms with Gasteiger partial charge in [0, 0.05) is 5.75 Å². The number of aromatic carboxylic acids is 1. The molecule has 0 bridgehead atoms. The minimum Gasteiger partial charge on any atom is -0.478 e. The van der Waals surface area contributed by atoms with Gasteiger partial charge in [-0.25, -0.2) is 4.79 Å². The third kappa shape index (κ3) is 3.11. The number of carboxylic acid groups (broad SMARTS) is 1. The first-order chi connectivity index (χ1) is 6.74. The Hall–Kier alpha value is -1.47. The van der Waals surface area contributed by atoms with Crippen molar-refractivity contribution in [3.05, 3.63) is 35.4 Å². The summed E-state index contributed by atoms with van der Waals surface area (Å²) >= 11 is 1.51. The summed E-state index contributed by atoms with van der Waals surface area (Å²) in [6, 6.07) is 8.73. The van der Waals surface area contributed by atoms with Crippen molar-refractivity contribution in [1.29, 1.82) is 5.26 Å². The maximum Gasteiger partial charge on any atom is 0.335 e. The second-order valence-corrected chi connectivity index (χ2v) is 3.64. The van der Waals surface area contributed by atoms with Crippen molar-refractivity contribution in [2.24, 2.45) is 0 Å². The molecule has 1 rings (SSSR count). The fraction of sp³-hybridized carbons (Fsp3) is 0.200. The van der Waals surface area contributed by atoms with Crippen LogP contribution in [0, 0.1) is 11.3 Å². The Labute approximate surface area is 86.4 Å². The summed E-state index contributed by atoms with van der Waals surface area (Å²) in [6.07, 6.45) is 0. The highest BCUT2D eigenvalue weighted by Crippen LogP contribution is 2.12. The first-order valence-electron chi connectivity index (χ1n) is 4.01. The third-order valence-electron chi connectivity index (χ3n) is 1.64. The molecule has 0 amide bonds. The summed E-state index contributed by atoms with van der Waals surface area (Å²) in [6.45, 7) is 0. The van der Waals surface area contributed by atoms with E-state index in [4.69, 9.17) is 10.4 Å². The summed E-state index contributed by atoms with van der Waals surface area (Å²) in [5.74, 6) is 0.287. The van der Waals surface area contributed by atoms with Crippen LogP contribution >= 0.6 is 11.8 Å². The first kappa shape index (κ1) is 10.6. The molecule has 1 aromatic carbocycles. The van der Waals surface area contributed by atoms with Crippen LogP contribution in [-0.2, 0) is 5.75 Å². The van der Waals surface area contributed by atoms with Crippen molar-refractivity contribution in [2.45, 2.75) is 5.75 Å². The lowest BCUT2D eigenvalue weighted by Crippen LogP contribution is -1.95. The predicted molar refractivity (Wildman–Crippen MR) is 55.2 cm³/mol. The largest absolute Gasteiger partial charge is 0.478 e. The van der Waals surface area contributed by atoms with E-state index in [1.807, 2.05) is 6.07 Å².